The molecule has 4 nitrogen and oxygen atoms in total. The van der Waals surface area contributed by atoms with E-state index in [2.05, 4.69) is 64.8 Å². The minimum absolute atomic E-state index is 0.230. The second kappa shape index (κ2) is 7.75. The number of ether oxygens (including phenoxy) is 1. The minimum atomic E-state index is 0.230. The standard InChI is InChI=1S/C19H27N3O/c1-16(2)19-20-9-11-22(19)15-18-14-21(10-6-12-23-18)13-17-7-4-3-5-8-17/h3-5,7-9,11,16,18H,6,10,12-15H2,1-2H3. The molecule has 0 bridgehead atoms. The van der Waals surface area contributed by atoms with Crippen molar-refractivity contribution >= 4 is 0 Å². The Balaban J connectivity index is 1.64. The average Bonchev–Trinajstić information content (AvgIpc) is 2.89. The first-order valence-electron chi connectivity index (χ1n) is 8.61. The number of benzene rings is 1. The Kier molecular flexibility index (Phi) is 5.47. The summed E-state index contributed by atoms with van der Waals surface area (Å²) in [6.07, 6.45) is 5.30. The summed E-state index contributed by atoms with van der Waals surface area (Å²) in [6.45, 7) is 9.20. The van der Waals surface area contributed by atoms with Crippen molar-refractivity contribution in [2.75, 3.05) is 19.7 Å². The van der Waals surface area contributed by atoms with Gasteiger partial charge < -0.3 is 9.30 Å². The van der Waals surface area contributed by atoms with Crippen LogP contribution in [-0.2, 0) is 17.8 Å². The Labute approximate surface area is 139 Å². The summed E-state index contributed by atoms with van der Waals surface area (Å²) >= 11 is 0. The van der Waals surface area contributed by atoms with Crippen LogP contribution >= 0.6 is 0 Å². The molecular weight excluding hydrogens is 286 g/mol. The van der Waals surface area contributed by atoms with Crippen LogP contribution in [-0.4, -0.2) is 40.3 Å². The Hall–Kier alpha value is -1.65. The molecule has 1 saturated heterocycles. The second-order valence-electron chi connectivity index (χ2n) is 6.66. The first-order valence-corrected chi connectivity index (χ1v) is 8.61. The van der Waals surface area contributed by atoms with Gasteiger partial charge in [0.15, 0.2) is 0 Å². The van der Waals surface area contributed by atoms with Gasteiger partial charge >= 0.3 is 0 Å². The predicted molar refractivity (Wildman–Crippen MR) is 92.4 cm³/mol. The summed E-state index contributed by atoms with van der Waals surface area (Å²) in [5.41, 5.74) is 1.37. The highest BCUT2D eigenvalue weighted by atomic mass is 16.5. The summed E-state index contributed by atoms with van der Waals surface area (Å²) in [7, 11) is 0. The molecule has 2 aromatic rings. The molecule has 0 saturated carbocycles. The summed E-state index contributed by atoms with van der Waals surface area (Å²) in [6, 6.07) is 10.7. The average molecular weight is 313 g/mol. The smallest absolute Gasteiger partial charge is 0.111 e. The molecule has 0 N–H and O–H groups in total. The zero-order valence-corrected chi connectivity index (χ0v) is 14.2. The number of nitrogens with zero attached hydrogens (tertiary/aromatic N) is 3. The molecule has 0 radical (unpaired) electrons. The number of hydrogen-bond donors (Lipinski definition) is 0. The van der Waals surface area contributed by atoms with Crippen LogP contribution in [0.4, 0.5) is 0 Å². The number of rotatable bonds is 5. The molecule has 1 aliphatic rings. The molecule has 3 rings (SSSR count). The molecule has 0 amide bonds. The Morgan fingerprint density at radius 1 is 1.26 bits per heavy atom. The van der Waals surface area contributed by atoms with Gasteiger partial charge in [-0.15, -0.1) is 0 Å². The zero-order valence-electron chi connectivity index (χ0n) is 14.2. The van der Waals surface area contributed by atoms with E-state index in [-0.39, 0.29) is 6.10 Å². The number of aromatic nitrogens is 2. The van der Waals surface area contributed by atoms with E-state index in [9.17, 15) is 0 Å². The van der Waals surface area contributed by atoms with E-state index in [1.165, 1.54) is 5.56 Å². The van der Waals surface area contributed by atoms with Gasteiger partial charge in [-0.2, -0.15) is 0 Å². The lowest BCUT2D eigenvalue weighted by Crippen LogP contribution is -2.34. The van der Waals surface area contributed by atoms with Crippen LogP contribution in [0.1, 0.15) is 37.6 Å². The molecule has 124 valence electrons. The topological polar surface area (TPSA) is 30.3 Å². The number of hydrogen-bond acceptors (Lipinski definition) is 3. The van der Waals surface area contributed by atoms with Gasteiger partial charge in [0, 0.05) is 44.6 Å². The van der Waals surface area contributed by atoms with Crippen molar-refractivity contribution in [3.05, 3.63) is 54.1 Å². The molecule has 1 fully saturated rings. The molecule has 1 aromatic carbocycles. The lowest BCUT2D eigenvalue weighted by atomic mass is 10.2. The van der Waals surface area contributed by atoms with Crippen molar-refractivity contribution in [2.45, 2.75) is 45.4 Å². The first kappa shape index (κ1) is 16.2. The van der Waals surface area contributed by atoms with E-state index in [4.69, 9.17) is 4.74 Å². The molecule has 1 atom stereocenters. The largest absolute Gasteiger partial charge is 0.375 e. The maximum absolute atomic E-state index is 6.09. The Morgan fingerprint density at radius 2 is 2.09 bits per heavy atom. The third-order valence-corrected chi connectivity index (χ3v) is 4.35. The molecule has 23 heavy (non-hydrogen) atoms. The highest BCUT2D eigenvalue weighted by Gasteiger charge is 2.20. The fourth-order valence-electron chi connectivity index (χ4n) is 3.26. The molecule has 0 aliphatic carbocycles. The molecule has 1 aliphatic heterocycles. The predicted octanol–water partition coefficient (Wildman–Crippen LogP) is 3.30. The van der Waals surface area contributed by atoms with E-state index in [1.807, 2.05) is 6.20 Å². The quantitative estimate of drug-likeness (QED) is 0.848. The van der Waals surface area contributed by atoms with Gasteiger partial charge in [0.05, 0.1) is 12.6 Å². The maximum atomic E-state index is 6.09. The molecule has 4 heteroatoms. The van der Waals surface area contributed by atoms with Crippen LogP contribution in [0, 0.1) is 0 Å². The van der Waals surface area contributed by atoms with Gasteiger partial charge in [-0.25, -0.2) is 4.98 Å². The van der Waals surface area contributed by atoms with Crippen LogP contribution in [0.2, 0.25) is 0 Å². The van der Waals surface area contributed by atoms with E-state index in [0.29, 0.717) is 5.92 Å². The Morgan fingerprint density at radius 3 is 2.87 bits per heavy atom. The monoisotopic (exact) mass is 313 g/mol. The third kappa shape index (κ3) is 4.43. The molecule has 2 heterocycles. The number of imidazole rings is 1. The molecular formula is C19H27N3O. The van der Waals surface area contributed by atoms with Gasteiger partial charge in [-0.1, -0.05) is 44.2 Å². The van der Waals surface area contributed by atoms with Crippen LogP contribution in [0.5, 0.6) is 0 Å². The van der Waals surface area contributed by atoms with Gasteiger partial charge in [-0.3, -0.25) is 4.90 Å². The van der Waals surface area contributed by atoms with Crippen molar-refractivity contribution in [2.24, 2.45) is 0 Å². The first-order chi connectivity index (χ1) is 11.2. The lowest BCUT2D eigenvalue weighted by molar-refractivity contribution is 0.0408. The van der Waals surface area contributed by atoms with E-state index < -0.39 is 0 Å². The lowest BCUT2D eigenvalue weighted by Gasteiger charge is -2.24. The molecule has 0 spiro atoms. The molecule has 1 aromatic heterocycles. The summed E-state index contributed by atoms with van der Waals surface area (Å²) in [5, 5.41) is 0. The highest BCUT2D eigenvalue weighted by Crippen LogP contribution is 2.16. The fraction of sp³-hybridized carbons (Fsp3) is 0.526. The maximum Gasteiger partial charge on any atom is 0.111 e. The zero-order chi connectivity index (χ0) is 16.1. The molecule has 1 unspecified atom stereocenters. The Bertz CT molecular complexity index is 594. The van der Waals surface area contributed by atoms with Gasteiger partial charge in [0.1, 0.15) is 5.82 Å². The highest BCUT2D eigenvalue weighted by molar-refractivity contribution is 5.14. The van der Waals surface area contributed by atoms with Gasteiger partial charge in [0.2, 0.25) is 0 Å². The van der Waals surface area contributed by atoms with Crippen LogP contribution in [0.3, 0.4) is 0 Å². The van der Waals surface area contributed by atoms with Crippen LogP contribution in [0.25, 0.3) is 0 Å². The normalized spacial score (nSPS) is 19.9. The van der Waals surface area contributed by atoms with E-state index in [0.717, 1.165) is 45.0 Å². The van der Waals surface area contributed by atoms with Crippen LogP contribution < -0.4 is 0 Å². The third-order valence-electron chi connectivity index (χ3n) is 4.35. The van der Waals surface area contributed by atoms with Crippen molar-refractivity contribution in [3.8, 4) is 0 Å². The van der Waals surface area contributed by atoms with Crippen LogP contribution in [0.15, 0.2) is 42.7 Å². The SMILES string of the molecule is CC(C)c1nccn1CC1CN(Cc2ccccc2)CCCO1. The van der Waals surface area contributed by atoms with Crippen molar-refractivity contribution in [3.63, 3.8) is 0 Å². The minimum Gasteiger partial charge on any atom is -0.375 e. The summed E-state index contributed by atoms with van der Waals surface area (Å²) in [5.74, 6) is 1.59. The van der Waals surface area contributed by atoms with Gasteiger partial charge in [-0.05, 0) is 12.0 Å². The summed E-state index contributed by atoms with van der Waals surface area (Å²) < 4.78 is 8.34. The summed E-state index contributed by atoms with van der Waals surface area (Å²) in [4.78, 5) is 7.00. The fourth-order valence-corrected chi connectivity index (χ4v) is 3.26. The van der Waals surface area contributed by atoms with E-state index in [1.54, 1.807) is 0 Å². The van der Waals surface area contributed by atoms with Crippen molar-refractivity contribution < 1.29 is 4.74 Å². The second-order valence-corrected chi connectivity index (χ2v) is 6.66. The van der Waals surface area contributed by atoms with Crippen molar-refractivity contribution in [1.82, 2.24) is 14.5 Å². The van der Waals surface area contributed by atoms with Crippen molar-refractivity contribution in [1.29, 1.82) is 0 Å². The van der Waals surface area contributed by atoms with Gasteiger partial charge in [0.25, 0.3) is 0 Å². The van der Waals surface area contributed by atoms with E-state index >= 15 is 0 Å².